The molecule has 0 bridgehead atoms. The fraction of sp³-hybridized carbons (Fsp3) is 0.533. The van der Waals surface area contributed by atoms with E-state index in [-0.39, 0.29) is 0 Å². The molecule has 0 aromatic heterocycles. The maximum Gasteiger partial charge on any atom is 0.407 e. The predicted molar refractivity (Wildman–Crippen MR) is 78.8 cm³/mol. The zero-order valence-corrected chi connectivity index (χ0v) is 12.6. The van der Waals surface area contributed by atoms with E-state index in [1.165, 1.54) is 0 Å². The first-order valence-corrected chi connectivity index (χ1v) is 6.65. The number of benzene rings is 1. The highest BCUT2D eigenvalue weighted by atomic mass is 16.6. The Hall–Kier alpha value is -1.55. The van der Waals surface area contributed by atoms with Crippen molar-refractivity contribution in [1.82, 2.24) is 5.32 Å². The van der Waals surface area contributed by atoms with Crippen molar-refractivity contribution in [2.45, 2.75) is 53.3 Å². The van der Waals surface area contributed by atoms with Crippen molar-refractivity contribution >= 4 is 6.09 Å². The third-order valence-corrected chi connectivity index (χ3v) is 2.06. The number of rotatable bonds is 3. The minimum absolute atomic E-state index is 0.407. The molecular formula is C15H26N2O2. The van der Waals surface area contributed by atoms with Crippen LogP contribution in [0.15, 0.2) is 24.3 Å². The highest BCUT2D eigenvalue weighted by Crippen LogP contribution is 2.08. The normalized spacial score (nSPS) is 10.2. The molecule has 0 radical (unpaired) electrons. The van der Waals surface area contributed by atoms with Gasteiger partial charge in [0.05, 0.1) is 0 Å². The molecule has 4 heteroatoms. The highest BCUT2D eigenvalue weighted by Gasteiger charge is 2.15. The topological polar surface area (TPSA) is 64.3 Å². The second-order valence-corrected chi connectivity index (χ2v) is 4.88. The van der Waals surface area contributed by atoms with Crippen molar-refractivity contribution in [3.05, 3.63) is 35.4 Å². The third-order valence-electron chi connectivity index (χ3n) is 2.06. The molecule has 19 heavy (non-hydrogen) atoms. The summed E-state index contributed by atoms with van der Waals surface area (Å²) in [6, 6.07) is 7.79. The molecule has 3 N–H and O–H groups in total. The van der Waals surface area contributed by atoms with Gasteiger partial charge in [0.25, 0.3) is 0 Å². The average molecular weight is 266 g/mol. The number of alkyl carbamates (subject to hydrolysis) is 1. The Morgan fingerprint density at radius 1 is 1.26 bits per heavy atom. The Bertz CT molecular complexity index is 384. The molecule has 0 unspecified atom stereocenters. The summed E-state index contributed by atoms with van der Waals surface area (Å²) >= 11 is 0. The number of ether oxygens (including phenoxy) is 1. The summed E-state index contributed by atoms with van der Waals surface area (Å²) < 4.78 is 5.14. The van der Waals surface area contributed by atoms with Crippen molar-refractivity contribution in [2.75, 3.05) is 0 Å². The summed E-state index contributed by atoms with van der Waals surface area (Å²) in [5, 5.41) is 2.70. The molecular weight excluding hydrogens is 240 g/mol. The molecule has 0 aliphatic carbocycles. The van der Waals surface area contributed by atoms with Crippen LogP contribution < -0.4 is 11.1 Å². The van der Waals surface area contributed by atoms with Gasteiger partial charge in [-0.15, -0.1) is 0 Å². The fourth-order valence-corrected chi connectivity index (χ4v) is 1.35. The molecule has 0 atom stereocenters. The number of nitrogens with one attached hydrogen (secondary N) is 1. The zero-order chi connectivity index (χ0) is 14.9. The van der Waals surface area contributed by atoms with Gasteiger partial charge in [0.2, 0.25) is 0 Å². The first-order chi connectivity index (χ1) is 8.90. The molecule has 4 nitrogen and oxygen atoms in total. The Kier molecular flexibility index (Phi) is 7.84. The summed E-state index contributed by atoms with van der Waals surface area (Å²) in [5.41, 5.74) is 7.14. The van der Waals surface area contributed by atoms with Gasteiger partial charge < -0.3 is 15.8 Å². The Balaban J connectivity index is 0.00000154. The van der Waals surface area contributed by atoms with Gasteiger partial charge in [0, 0.05) is 13.1 Å². The predicted octanol–water partition coefficient (Wildman–Crippen LogP) is 3.20. The lowest BCUT2D eigenvalue weighted by Gasteiger charge is -2.19. The summed E-state index contributed by atoms with van der Waals surface area (Å²) in [6.07, 6.45) is -0.407. The van der Waals surface area contributed by atoms with E-state index in [0.717, 1.165) is 11.1 Å². The van der Waals surface area contributed by atoms with Crippen LogP contribution in [0.4, 0.5) is 4.79 Å². The van der Waals surface area contributed by atoms with E-state index >= 15 is 0 Å². The molecule has 0 heterocycles. The van der Waals surface area contributed by atoms with Crippen LogP contribution in [0.25, 0.3) is 0 Å². The Morgan fingerprint density at radius 3 is 2.37 bits per heavy atom. The quantitative estimate of drug-likeness (QED) is 0.883. The lowest BCUT2D eigenvalue weighted by atomic mass is 10.1. The van der Waals surface area contributed by atoms with Crippen molar-refractivity contribution in [3.8, 4) is 0 Å². The highest BCUT2D eigenvalue weighted by molar-refractivity contribution is 5.67. The molecule has 1 aromatic rings. The third kappa shape index (κ3) is 8.21. The van der Waals surface area contributed by atoms with Crippen molar-refractivity contribution < 1.29 is 9.53 Å². The molecule has 1 amide bonds. The molecule has 0 aliphatic rings. The first kappa shape index (κ1) is 17.4. The molecule has 0 spiro atoms. The van der Waals surface area contributed by atoms with Crippen LogP contribution in [0.5, 0.6) is 0 Å². The molecule has 0 saturated heterocycles. The molecule has 0 saturated carbocycles. The largest absolute Gasteiger partial charge is 0.444 e. The van der Waals surface area contributed by atoms with E-state index in [9.17, 15) is 4.79 Å². The van der Waals surface area contributed by atoms with Gasteiger partial charge in [-0.25, -0.2) is 4.79 Å². The van der Waals surface area contributed by atoms with Gasteiger partial charge in [-0.1, -0.05) is 38.1 Å². The van der Waals surface area contributed by atoms with Gasteiger partial charge in [-0.05, 0) is 31.9 Å². The SMILES string of the molecule is CC.CC(C)(C)OC(=O)NCc1cccc(CN)c1. The van der Waals surface area contributed by atoms with Gasteiger partial charge in [-0.3, -0.25) is 0 Å². The van der Waals surface area contributed by atoms with Crippen LogP contribution in [0.2, 0.25) is 0 Å². The lowest BCUT2D eigenvalue weighted by molar-refractivity contribution is 0.0523. The summed E-state index contributed by atoms with van der Waals surface area (Å²) in [4.78, 5) is 11.4. The van der Waals surface area contributed by atoms with E-state index in [2.05, 4.69) is 5.32 Å². The molecule has 0 aliphatic heterocycles. The van der Waals surface area contributed by atoms with Gasteiger partial charge in [0.1, 0.15) is 5.60 Å². The molecule has 108 valence electrons. The molecule has 1 aromatic carbocycles. The van der Waals surface area contributed by atoms with E-state index in [4.69, 9.17) is 10.5 Å². The van der Waals surface area contributed by atoms with Crippen LogP contribution in [0.3, 0.4) is 0 Å². The Labute approximate surface area is 116 Å². The number of nitrogens with two attached hydrogens (primary N) is 1. The van der Waals surface area contributed by atoms with Crippen LogP contribution in [-0.2, 0) is 17.8 Å². The minimum Gasteiger partial charge on any atom is -0.444 e. The van der Waals surface area contributed by atoms with Gasteiger partial charge in [-0.2, -0.15) is 0 Å². The summed E-state index contributed by atoms with van der Waals surface area (Å²) in [5.74, 6) is 0. The maximum atomic E-state index is 11.4. The molecule has 1 rings (SSSR count). The van der Waals surface area contributed by atoms with Crippen LogP contribution >= 0.6 is 0 Å². The maximum absolute atomic E-state index is 11.4. The van der Waals surface area contributed by atoms with E-state index < -0.39 is 11.7 Å². The second kappa shape index (κ2) is 8.53. The zero-order valence-electron chi connectivity index (χ0n) is 12.6. The monoisotopic (exact) mass is 266 g/mol. The number of hydrogen-bond acceptors (Lipinski definition) is 3. The lowest BCUT2D eigenvalue weighted by Crippen LogP contribution is -2.32. The number of amides is 1. The molecule has 0 fully saturated rings. The fourth-order valence-electron chi connectivity index (χ4n) is 1.35. The van der Waals surface area contributed by atoms with Crippen LogP contribution in [0, 0.1) is 0 Å². The van der Waals surface area contributed by atoms with Gasteiger partial charge in [0.15, 0.2) is 0 Å². The average Bonchev–Trinajstić information content (AvgIpc) is 2.37. The van der Waals surface area contributed by atoms with Crippen LogP contribution in [0.1, 0.15) is 45.7 Å². The van der Waals surface area contributed by atoms with E-state index in [1.54, 1.807) is 0 Å². The van der Waals surface area contributed by atoms with Gasteiger partial charge >= 0.3 is 6.09 Å². The number of carbonyl (C=O) groups is 1. The summed E-state index contributed by atoms with van der Waals surface area (Å²) in [6.45, 7) is 10.5. The van der Waals surface area contributed by atoms with Crippen molar-refractivity contribution in [2.24, 2.45) is 5.73 Å². The van der Waals surface area contributed by atoms with Crippen LogP contribution in [-0.4, -0.2) is 11.7 Å². The second-order valence-electron chi connectivity index (χ2n) is 4.88. The smallest absolute Gasteiger partial charge is 0.407 e. The van der Waals surface area contributed by atoms with Crippen molar-refractivity contribution in [1.29, 1.82) is 0 Å². The Morgan fingerprint density at radius 2 is 1.84 bits per heavy atom. The first-order valence-electron chi connectivity index (χ1n) is 6.65. The summed E-state index contributed by atoms with van der Waals surface area (Å²) in [7, 11) is 0. The van der Waals surface area contributed by atoms with E-state index in [1.807, 2.05) is 58.9 Å². The standard InChI is InChI=1S/C13H20N2O2.C2H6/c1-13(2,3)17-12(16)15-9-11-6-4-5-10(7-11)8-14;1-2/h4-7H,8-9,14H2,1-3H3,(H,15,16);1-2H3. The number of carbonyl (C=O) groups excluding carboxylic acids is 1. The minimum atomic E-state index is -0.469. The number of hydrogen-bond donors (Lipinski definition) is 2. The van der Waals surface area contributed by atoms with E-state index in [0.29, 0.717) is 13.1 Å². The van der Waals surface area contributed by atoms with Crippen molar-refractivity contribution in [3.63, 3.8) is 0 Å².